The summed E-state index contributed by atoms with van der Waals surface area (Å²) in [6, 6.07) is 2.12. The Labute approximate surface area is 210 Å². The van der Waals surface area contributed by atoms with Crippen LogP contribution < -0.4 is 4.90 Å². The SMILES string of the molecule is Cc1nc(N2C=CC(CC(=O)O)CC2)c2c(C)c(C)n(-c3c(Br)cc(C(F)(F)F)cc3Br)c2n1. The molecule has 1 aliphatic rings. The Morgan fingerprint density at radius 3 is 2.35 bits per heavy atom. The number of aliphatic carboxylic acids is 1. The molecule has 0 saturated heterocycles. The van der Waals surface area contributed by atoms with Crippen LogP contribution in [0.4, 0.5) is 19.0 Å². The molecular weight excluding hydrogens is 581 g/mol. The van der Waals surface area contributed by atoms with E-state index >= 15 is 0 Å². The quantitative estimate of drug-likeness (QED) is 0.360. The molecule has 0 amide bonds. The van der Waals surface area contributed by atoms with Crippen molar-refractivity contribution in [3.8, 4) is 5.69 Å². The number of aryl methyl sites for hydroxylation is 2. The Kier molecular flexibility index (Phi) is 6.54. The van der Waals surface area contributed by atoms with E-state index in [0.717, 1.165) is 28.8 Å². The van der Waals surface area contributed by atoms with E-state index in [2.05, 4.69) is 41.8 Å². The monoisotopic (exact) mass is 600 g/mol. The zero-order valence-corrected chi connectivity index (χ0v) is 21.7. The molecule has 1 aliphatic heterocycles. The first-order chi connectivity index (χ1) is 15.9. The number of benzene rings is 1. The van der Waals surface area contributed by atoms with Crippen molar-refractivity contribution in [2.75, 3.05) is 11.4 Å². The van der Waals surface area contributed by atoms with Gasteiger partial charge in [0, 0.05) is 27.4 Å². The normalized spacial score (nSPS) is 16.5. The Bertz CT molecular complexity index is 1310. The first-order valence-corrected chi connectivity index (χ1v) is 12.1. The fourth-order valence-electron chi connectivity index (χ4n) is 4.24. The smallest absolute Gasteiger partial charge is 0.416 e. The number of hydrogen-bond donors (Lipinski definition) is 1. The molecule has 2 aromatic heterocycles. The van der Waals surface area contributed by atoms with Gasteiger partial charge in [-0.1, -0.05) is 6.08 Å². The van der Waals surface area contributed by atoms with Gasteiger partial charge in [-0.25, -0.2) is 9.97 Å². The zero-order chi connectivity index (χ0) is 24.9. The van der Waals surface area contributed by atoms with Gasteiger partial charge in [-0.15, -0.1) is 0 Å². The number of nitrogens with zero attached hydrogens (tertiary/aromatic N) is 4. The van der Waals surface area contributed by atoms with E-state index in [-0.39, 0.29) is 21.3 Å². The number of allylic oxidation sites excluding steroid dienone is 1. The van der Waals surface area contributed by atoms with Gasteiger partial charge in [-0.05, 0) is 82.7 Å². The molecule has 180 valence electrons. The van der Waals surface area contributed by atoms with Crippen LogP contribution in [0.15, 0.2) is 33.4 Å². The molecule has 3 heterocycles. The van der Waals surface area contributed by atoms with Crippen LogP contribution in [0.5, 0.6) is 0 Å². The number of hydrogen-bond acceptors (Lipinski definition) is 4. The molecule has 0 bridgehead atoms. The van der Waals surface area contributed by atoms with Crippen LogP contribution >= 0.6 is 31.9 Å². The number of carbonyl (C=O) groups is 1. The molecule has 1 unspecified atom stereocenters. The number of anilines is 1. The number of halogens is 5. The van der Waals surface area contributed by atoms with E-state index in [1.54, 1.807) is 6.92 Å². The van der Waals surface area contributed by atoms with Crippen LogP contribution in [-0.4, -0.2) is 32.2 Å². The van der Waals surface area contributed by atoms with Gasteiger partial charge in [0.25, 0.3) is 0 Å². The minimum Gasteiger partial charge on any atom is -0.481 e. The molecule has 4 rings (SSSR count). The second-order valence-electron chi connectivity index (χ2n) is 8.31. The van der Waals surface area contributed by atoms with Gasteiger partial charge in [0.05, 0.1) is 23.1 Å². The van der Waals surface area contributed by atoms with Crippen molar-refractivity contribution in [3.05, 3.63) is 56.0 Å². The van der Waals surface area contributed by atoms with Crippen molar-refractivity contribution >= 4 is 54.7 Å². The summed E-state index contributed by atoms with van der Waals surface area (Å²) >= 11 is 6.66. The summed E-state index contributed by atoms with van der Waals surface area (Å²) < 4.78 is 42.3. The molecular formula is C23H21Br2F3N4O2. The topological polar surface area (TPSA) is 71.2 Å². The fourth-order valence-corrected chi connectivity index (χ4v) is 5.79. The highest BCUT2D eigenvalue weighted by molar-refractivity contribution is 9.11. The van der Waals surface area contributed by atoms with Gasteiger partial charge in [0.15, 0.2) is 5.65 Å². The second-order valence-corrected chi connectivity index (χ2v) is 10.0. The average molecular weight is 602 g/mol. The van der Waals surface area contributed by atoms with E-state index in [0.29, 0.717) is 35.9 Å². The molecule has 34 heavy (non-hydrogen) atoms. The highest BCUT2D eigenvalue weighted by atomic mass is 79.9. The minimum absolute atomic E-state index is 0.0429. The Balaban J connectivity index is 1.89. The van der Waals surface area contributed by atoms with Crippen LogP contribution in [0.25, 0.3) is 16.7 Å². The number of carboxylic acids is 1. The van der Waals surface area contributed by atoms with Crippen molar-refractivity contribution in [1.29, 1.82) is 0 Å². The molecule has 1 atom stereocenters. The molecule has 0 saturated carbocycles. The van der Waals surface area contributed by atoms with Crippen molar-refractivity contribution in [1.82, 2.24) is 14.5 Å². The largest absolute Gasteiger partial charge is 0.481 e. The van der Waals surface area contributed by atoms with Gasteiger partial charge in [0.2, 0.25) is 0 Å². The number of carboxylic acid groups (broad SMARTS) is 1. The first-order valence-electron chi connectivity index (χ1n) is 10.5. The molecule has 6 nitrogen and oxygen atoms in total. The number of alkyl halides is 3. The summed E-state index contributed by atoms with van der Waals surface area (Å²) in [4.78, 5) is 22.4. The van der Waals surface area contributed by atoms with Crippen LogP contribution in [-0.2, 0) is 11.0 Å². The minimum atomic E-state index is -4.47. The maximum absolute atomic E-state index is 13.3. The van der Waals surface area contributed by atoms with Crippen LogP contribution in [0, 0.1) is 26.7 Å². The maximum atomic E-state index is 13.3. The Hall–Kier alpha value is -2.40. The summed E-state index contributed by atoms with van der Waals surface area (Å²) in [5, 5.41) is 9.86. The number of aromatic nitrogens is 3. The lowest BCUT2D eigenvalue weighted by molar-refractivity contribution is -0.138. The van der Waals surface area contributed by atoms with Gasteiger partial charge >= 0.3 is 12.1 Å². The highest BCUT2D eigenvalue weighted by Crippen LogP contribution is 2.42. The summed E-state index contributed by atoms with van der Waals surface area (Å²) in [5.41, 5.74) is 2.07. The summed E-state index contributed by atoms with van der Waals surface area (Å²) in [7, 11) is 0. The fraction of sp³-hybridized carbons (Fsp3) is 0.348. The average Bonchev–Trinajstić information content (AvgIpc) is 2.97. The van der Waals surface area contributed by atoms with Crippen LogP contribution in [0.2, 0.25) is 0 Å². The van der Waals surface area contributed by atoms with Crippen molar-refractivity contribution in [3.63, 3.8) is 0 Å². The van der Waals surface area contributed by atoms with Gasteiger partial charge in [0.1, 0.15) is 11.6 Å². The predicted octanol–water partition coefficient (Wildman–Crippen LogP) is 6.70. The predicted molar refractivity (Wildman–Crippen MR) is 130 cm³/mol. The van der Waals surface area contributed by atoms with E-state index in [4.69, 9.17) is 5.11 Å². The Morgan fingerprint density at radius 1 is 1.18 bits per heavy atom. The van der Waals surface area contributed by atoms with E-state index in [1.807, 2.05) is 35.6 Å². The Morgan fingerprint density at radius 2 is 1.82 bits per heavy atom. The van der Waals surface area contributed by atoms with Crippen LogP contribution in [0.3, 0.4) is 0 Å². The molecule has 11 heteroatoms. The number of rotatable bonds is 4. The van der Waals surface area contributed by atoms with Gasteiger partial charge < -0.3 is 10.0 Å². The molecule has 1 aromatic carbocycles. The third-order valence-corrected chi connectivity index (χ3v) is 7.21. The van der Waals surface area contributed by atoms with Crippen LogP contribution in [0.1, 0.15) is 35.5 Å². The molecule has 3 aromatic rings. The molecule has 0 aliphatic carbocycles. The van der Waals surface area contributed by atoms with Crippen molar-refractivity contribution < 1.29 is 23.1 Å². The lowest BCUT2D eigenvalue weighted by atomic mass is 9.98. The molecule has 0 fully saturated rings. The molecule has 0 radical (unpaired) electrons. The lowest BCUT2D eigenvalue weighted by Gasteiger charge is -2.27. The summed E-state index contributed by atoms with van der Waals surface area (Å²) in [6.07, 6.45) is 0.00490. The molecule has 0 spiro atoms. The first kappa shape index (κ1) is 24.7. The van der Waals surface area contributed by atoms with Gasteiger partial charge in [-0.2, -0.15) is 13.2 Å². The highest BCUT2D eigenvalue weighted by Gasteiger charge is 2.33. The zero-order valence-electron chi connectivity index (χ0n) is 18.5. The van der Waals surface area contributed by atoms with E-state index < -0.39 is 17.7 Å². The standard InChI is InChI=1S/C23H21Br2F3N4O2/c1-11-12(2)32(20-16(24)9-15(10-17(20)25)23(26,27)28)22-19(11)21(29-13(3)30-22)31-6-4-14(5-7-31)8-18(33)34/h4,6,9-10,14H,5,7-8H2,1-3H3,(H,33,34). The number of fused-ring (bicyclic) bond motifs is 1. The van der Waals surface area contributed by atoms with E-state index in [1.165, 1.54) is 0 Å². The second kappa shape index (κ2) is 8.99. The lowest BCUT2D eigenvalue weighted by Crippen LogP contribution is -2.26. The van der Waals surface area contributed by atoms with Crippen molar-refractivity contribution in [2.24, 2.45) is 5.92 Å². The van der Waals surface area contributed by atoms with Crippen molar-refractivity contribution in [2.45, 2.75) is 39.8 Å². The summed E-state index contributed by atoms with van der Waals surface area (Å²) in [5.74, 6) is 0.325. The third-order valence-electron chi connectivity index (χ3n) is 6.00. The molecule has 1 N–H and O–H groups in total. The third kappa shape index (κ3) is 4.47. The van der Waals surface area contributed by atoms with Gasteiger partial charge in [-0.3, -0.25) is 9.36 Å². The van der Waals surface area contributed by atoms with E-state index in [9.17, 15) is 18.0 Å². The summed E-state index contributed by atoms with van der Waals surface area (Å²) in [6.45, 7) is 6.19. The maximum Gasteiger partial charge on any atom is 0.416 e.